The number of allylic oxidation sites excluding steroid dienone is 1. The predicted octanol–water partition coefficient (Wildman–Crippen LogP) is 2.38. The molecule has 1 aliphatic rings. The van der Waals surface area contributed by atoms with Gasteiger partial charge in [0.1, 0.15) is 6.04 Å². The number of carbonyl (C=O) groups excluding carboxylic acids is 1. The molecule has 1 heterocycles. The van der Waals surface area contributed by atoms with Crippen molar-refractivity contribution in [1.29, 1.82) is 0 Å². The first-order valence-electron chi connectivity index (χ1n) is 6.82. The molecule has 0 aliphatic carbocycles. The van der Waals surface area contributed by atoms with Crippen LogP contribution in [0.4, 0.5) is 0 Å². The summed E-state index contributed by atoms with van der Waals surface area (Å²) >= 11 is 0. The number of carboxylic acids is 1. The molecule has 0 saturated carbocycles. The maximum absolute atomic E-state index is 12.4. The van der Waals surface area contributed by atoms with Crippen LogP contribution in [-0.2, 0) is 22.6 Å². The number of fused-ring (bicyclic) bond motifs is 1. The molecule has 1 atom stereocenters. The van der Waals surface area contributed by atoms with Crippen molar-refractivity contribution in [2.24, 2.45) is 0 Å². The molecule has 1 aromatic carbocycles. The van der Waals surface area contributed by atoms with Gasteiger partial charge in [-0.3, -0.25) is 4.79 Å². The molecular weight excluding hydrogens is 254 g/mol. The van der Waals surface area contributed by atoms with Crippen molar-refractivity contribution in [1.82, 2.24) is 4.90 Å². The van der Waals surface area contributed by atoms with Gasteiger partial charge in [-0.15, -0.1) is 0 Å². The summed E-state index contributed by atoms with van der Waals surface area (Å²) in [6, 6.07) is 6.92. The number of carbonyl (C=O) groups is 2. The molecule has 0 unspecified atom stereocenters. The highest BCUT2D eigenvalue weighted by Crippen LogP contribution is 2.24. The van der Waals surface area contributed by atoms with Crippen molar-refractivity contribution in [3.05, 3.63) is 47.0 Å². The third-order valence-electron chi connectivity index (χ3n) is 3.64. The van der Waals surface area contributed by atoms with Crippen LogP contribution in [0.3, 0.4) is 0 Å². The van der Waals surface area contributed by atoms with Crippen molar-refractivity contribution in [2.75, 3.05) is 0 Å². The molecule has 1 amide bonds. The van der Waals surface area contributed by atoms with E-state index in [1.807, 2.05) is 37.3 Å². The Kier molecular flexibility index (Phi) is 4.23. The van der Waals surface area contributed by atoms with Crippen LogP contribution in [0.2, 0.25) is 0 Å². The topological polar surface area (TPSA) is 57.6 Å². The maximum atomic E-state index is 12.4. The molecule has 0 bridgehead atoms. The van der Waals surface area contributed by atoms with Gasteiger partial charge in [-0.05, 0) is 24.5 Å². The second kappa shape index (κ2) is 5.90. The number of benzene rings is 1. The molecule has 1 N–H and O–H groups in total. The van der Waals surface area contributed by atoms with E-state index in [-0.39, 0.29) is 5.91 Å². The Morgan fingerprint density at radius 1 is 1.35 bits per heavy atom. The number of aliphatic carboxylic acids is 1. The van der Waals surface area contributed by atoms with Gasteiger partial charge in [0.15, 0.2) is 0 Å². The van der Waals surface area contributed by atoms with Gasteiger partial charge in [-0.25, -0.2) is 4.79 Å². The van der Waals surface area contributed by atoms with Gasteiger partial charge in [-0.2, -0.15) is 0 Å². The summed E-state index contributed by atoms with van der Waals surface area (Å²) in [7, 11) is 0. The molecule has 0 spiro atoms. The first-order chi connectivity index (χ1) is 9.54. The van der Waals surface area contributed by atoms with Gasteiger partial charge < -0.3 is 10.0 Å². The van der Waals surface area contributed by atoms with E-state index in [2.05, 4.69) is 0 Å². The molecule has 106 valence electrons. The highest BCUT2D eigenvalue weighted by atomic mass is 16.4. The Hall–Kier alpha value is -2.10. The van der Waals surface area contributed by atoms with Gasteiger partial charge >= 0.3 is 5.97 Å². The van der Waals surface area contributed by atoms with Crippen molar-refractivity contribution in [3.8, 4) is 0 Å². The van der Waals surface area contributed by atoms with Crippen LogP contribution in [0.15, 0.2) is 35.9 Å². The van der Waals surface area contributed by atoms with Gasteiger partial charge in [0, 0.05) is 18.5 Å². The summed E-state index contributed by atoms with van der Waals surface area (Å²) in [4.78, 5) is 25.3. The van der Waals surface area contributed by atoms with E-state index in [0.29, 0.717) is 18.5 Å². The Labute approximate surface area is 118 Å². The number of hydrogen-bond donors (Lipinski definition) is 1. The minimum absolute atomic E-state index is 0.186. The second-order valence-electron chi connectivity index (χ2n) is 5.06. The summed E-state index contributed by atoms with van der Waals surface area (Å²) in [6.45, 7) is 4.06. The minimum Gasteiger partial charge on any atom is -0.480 e. The van der Waals surface area contributed by atoms with Crippen LogP contribution in [0, 0.1) is 0 Å². The third kappa shape index (κ3) is 2.74. The summed E-state index contributed by atoms with van der Waals surface area (Å²) < 4.78 is 0. The van der Waals surface area contributed by atoms with Crippen LogP contribution in [0.25, 0.3) is 0 Å². The number of amides is 1. The first kappa shape index (κ1) is 14.3. The van der Waals surface area contributed by atoms with E-state index in [9.17, 15) is 14.7 Å². The molecule has 1 aromatic rings. The maximum Gasteiger partial charge on any atom is 0.326 e. The van der Waals surface area contributed by atoms with E-state index < -0.39 is 12.0 Å². The van der Waals surface area contributed by atoms with Crippen LogP contribution >= 0.6 is 0 Å². The SMILES string of the molecule is CC/C=C(\C)C(=O)N1Cc2ccccc2C[C@@H]1C(=O)O. The molecule has 1 aliphatic heterocycles. The van der Waals surface area contributed by atoms with E-state index in [1.165, 1.54) is 4.90 Å². The molecule has 0 radical (unpaired) electrons. The fraction of sp³-hybridized carbons (Fsp3) is 0.375. The zero-order valence-electron chi connectivity index (χ0n) is 11.8. The quantitative estimate of drug-likeness (QED) is 0.860. The smallest absolute Gasteiger partial charge is 0.326 e. The van der Waals surface area contributed by atoms with Crippen LogP contribution in [0.1, 0.15) is 31.4 Å². The fourth-order valence-corrected chi connectivity index (χ4v) is 2.58. The minimum atomic E-state index is -0.947. The molecule has 0 saturated heterocycles. The highest BCUT2D eigenvalue weighted by Gasteiger charge is 2.34. The molecule has 20 heavy (non-hydrogen) atoms. The standard InChI is InChI=1S/C16H19NO3/c1-3-6-11(2)15(18)17-10-13-8-5-4-7-12(13)9-14(17)16(19)20/h4-8,14H,3,9-10H2,1-2H3,(H,19,20)/b11-6+/t14-/m1/s1. The van der Waals surface area contributed by atoms with Crippen molar-refractivity contribution < 1.29 is 14.7 Å². The third-order valence-corrected chi connectivity index (χ3v) is 3.64. The zero-order valence-corrected chi connectivity index (χ0v) is 11.8. The van der Waals surface area contributed by atoms with E-state index >= 15 is 0 Å². The summed E-state index contributed by atoms with van der Waals surface area (Å²) in [6.07, 6.45) is 2.97. The fourth-order valence-electron chi connectivity index (χ4n) is 2.58. The lowest BCUT2D eigenvalue weighted by Crippen LogP contribution is -2.48. The van der Waals surface area contributed by atoms with Gasteiger partial charge in [0.2, 0.25) is 5.91 Å². The molecule has 4 nitrogen and oxygen atoms in total. The zero-order chi connectivity index (χ0) is 14.7. The first-order valence-corrected chi connectivity index (χ1v) is 6.82. The summed E-state index contributed by atoms with van der Waals surface area (Å²) in [5.74, 6) is -1.13. The molecule has 2 rings (SSSR count). The Bertz CT molecular complexity index is 563. The Morgan fingerprint density at radius 3 is 2.60 bits per heavy atom. The average Bonchev–Trinajstić information content (AvgIpc) is 2.45. The Morgan fingerprint density at radius 2 is 2.00 bits per heavy atom. The summed E-state index contributed by atoms with van der Waals surface area (Å²) in [5, 5.41) is 9.38. The van der Waals surface area contributed by atoms with E-state index in [1.54, 1.807) is 6.92 Å². The average molecular weight is 273 g/mol. The van der Waals surface area contributed by atoms with Crippen molar-refractivity contribution in [2.45, 2.75) is 39.3 Å². The monoisotopic (exact) mass is 273 g/mol. The van der Waals surface area contributed by atoms with Crippen LogP contribution < -0.4 is 0 Å². The van der Waals surface area contributed by atoms with Crippen LogP contribution in [0.5, 0.6) is 0 Å². The number of nitrogens with zero attached hydrogens (tertiary/aromatic N) is 1. The molecule has 0 aromatic heterocycles. The number of hydrogen-bond acceptors (Lipinski definition) is 2. The summed E-state index contributed by atoms with van der Waals surface area (Å²) in [5.41, 5.74) is 2.65. The van der Waals surface area contributed by atoms with Crippen LogP contribution in [-0.4, -0.2) is 27.9 Å². The normalized spacial score (nSPS) is 18.6. The molecule has 4 heteroatoms. The number of carboxylic acid groups (broad SMARTS) is 1. The second-order valence-corrected chi connectivity index (χ2v) is 5.06. The highest BCUT2D eigenvalue weighted by molar-refractivity contribution is 5.95. The van der Waals surface area contributed by atoms with Gasteiger partial charge in [0.25, 0.3) is 0 Å². The number of rotatable bonds is 3. The molecule has 0 fully saturated rings. The van der Waals surface area contributed by atoms with Crippen molar-refractivity contribution in [3.63, 3.8) is 0 Å². The Balaban J connectivity index is 2.34. The van der Waals surface area contributed by atoms with Gasteiger partial charge in [0.05, 0.1) is 0 Å². The molecular formula is C16H19NO3. The van der Waals surface area contributed by atoms with Gasteiger partial charge in [-0.1, -0.05) is 37.3 Å². The lowest BCUT2D eigenvalue weighted by atomic mass is 9.93. The van der Waals surface area contributed by atoms with E-state index in [4.69, 9.17) is 0 Å². The lowest BCUT2D eigenvalue weighted by Gasteiger charge is -2.34. The lowest BCUT2D eigenvalue weighted by molar-refractivity contribution is -0.149. The largest absolute Gasteiger partial charge is 0.480 e. The predicted molar refractivity (Wildman–Crippen MR) is 76.2 cm³/mol. The van der Waals surface area contributed by atoms with E-state index in [0.717, 1.165) is 17.5 Å². The van der Waals surface area contributed by atoms with Crippen molar-refractivity contribution >= 4 is 11.9 Å².